The lowest BCUT2D eigenvalue weighted by atomic mass is 10.2. The lowest BCUT2D eigenvalue weighted by Crippen LogP contribution is -2.36. The Morgan fingerprint density at radius 3 is 2.71 bits per heavy atom. The molecule has 5 heteroatoms. The number of hydrogen-bond donors (Lipinski definition) is 2. The Balaban J connectivity index is 2.28. The maximum absolute atomic E-state index is 11.5. The zero-order valence-electron chi connectivity index (χ0n) is 10.9. The summed E-state index contributed by atoms with van der Waals surface area (Å²) in [4.78, 5) is 15.9. The van der Waals surface area contributed by atoms with Gasteiger partial charge in [-0.25, -0.2) is 4.98 Å². The van der Waals surface area contributed by atoms with E-state index in [2.05, 4.69) is 29.5 Å². The van der Waals surface area contributed by atoms with Crippen molar-refractivity contribution in [3.8, 4) is 0 Å². The highest BCUT2D eigenvalue weighted by Crippen LogP contribution is 2.15. The van der Waals surface area contributed by atoms with E-state index in [-0.39, 0.29) is 11.9 Å². The SMILES string of the molecule is Cc1nc(C(C)NCC(=O)NCC(C)C)cs1. The van der Waals surface area contributed by atoms with Gasteiger partial charge in [-0.15, -0.1) is 11.3 Å². The largest absolute Gasteiger partial charge is 0.355 e. The van der Waals surface area contributed by atoms with Gasteiger partial charge in [-0.3, -0.25) is 4.79 Å². The molecule has 0 spiro atoms. The molecule has 0 aliphatic heterocycles. The molecule has 0 saturated heterocycles. The Morgan fingerprint density at radius 2 is 2.18 bits per heavy atom. The first-order chi connectivity index (χ1) is 7.99. The molecule has 17 heavy (non-hydrogen) atoms. The fraction of sp³-hybridized carbons (Fsp3) is 0.667. The summed E-state index contributed by atoms with van der Waals surface area (Å²) in [6.45, 7) is 9.22. The molecule has 96 valence electrons. The summed E-state index contributed by atoms with van der Waals surface area (Å²) in [5.74, 6) is 0.523. The maximum Gasteiger partial charge on any atom is 0.233 e. The molecule has 1 rings (SSSR count). The van der Waals surface area contributed by atoms with Crippen molar-refractivity contribution < 1.29 is 4.79 Å². The third-order valence-corrected chi connectivity index (χ3v) is 3.15. The van der Waals surface area contributed by atoms with Crippen molar-refractivity contribution in [2.45, 2.75) is 33.7 Å². The zero-order chi connectivity index (χ0) is 12.8. The number of carbonyl (C=O) groups excluding carboxylic acids is 1. The normalized spacial score (nSPS) is 12.8. The number of thiazole rings is 1. The number of hydrogen-bond acceptors (Lipinski definition) is 4. The van der Waals surface area contributed by atoms with Gasteiger partial charge in [0, 0.05) is 18.0 Å². The molecule has 0 aliphatic carbocycles. The molecule has 4 nitrogen and oxygen atoms in total. The summed E-state index contributed by atoms with van der Waals surface area (Å²) >= 11 is 1.63. The van der Waals surface area contributed by atoms with E-state index in [9.17, 15) is 4.79 Å². The molecule has 0 fully saturated rings. The van der Waals surface area contributed by atoms with Crippen LogP contribution in [0.25, 0.3) is 0 Å². The van der Waals surface area contributed by atoms with Gasteiger partial charge in [-0.05, 0) is 19.8 Å². The Bertz CT molecular complexity index is 362. The van der Waals surface area contributed by atoms with Crippen molar-refractivity contribution in [1.82, 2.24) is 15.6 Å². The van der Waals surface area contributed by atoms with Gasteiger partial charge in [0.15, 0.2) is 0 Å². The standard InChI is InChI=1S/C12H21N3OS/c1-8(2)5-14-12(16)6-13-9(3)11-7-17-10(4)15-11/h7-9,13H,5-6H2,1-4H3,(H,14,16). The van der Waals surface area contributed by atoms with Gasteiger partial charge in [0.25, 0.3) is 0 Å². The van der Waals surface area contributed by atoms with Crippen molar-refractivity contribution in [2.24, 2.45) is 5.92 Å². The minimum atomic E-state index is 0.0394. The second-order valence-electron chi connectivity index (χ2n) is 4.59. The average molecular weight is 255 g/mol. The van der Waals surface area contributed by atoms with E-state index in [1.807, 2.05) is 19.2 Å². The molecule has 0 bridgehead atoms. The highest BCUT2D eigenvalue weighted by Gasteiger charge is 2.10. The summed E-state index contributed by atoms with van der Waals surface area (Å²) in [5.41, 5.74) is 1.00. The number of nitrogens with one attached hydrogen (secondary N) is 2. The lowest BCUT2D eigenvalue weighted by Gasteiger charge is -2.12. The first kappa shape index (κ1) is 14.1. The van der Waals surface area contributed by atoms with Crippen LogP contribution in [0.2, 0.25) is 0 Å². The molecule has 0 aliphatic rings. The van der Waals surface area contributed by atoms with Crippen LogP contribution in [0.4, 0.5) is 0 Å². The Labute approximate surface area is 107 Å². The molecular weight excluding hydrogens is 234 g/mol. The van der Waals surface area contributed by atoms with Crippen molar-refractivity contribution in [1.29, 1.82) is 0 Å². The Kier molecular flexibility index (Phi) is 5.58. The van der Waals surface area contributed by atoms with Crippen LogP contribution in [-0.2, 0) is 4.79 Å². The van der Waals surface area contributed by atoms with Gasteiger partial charge in [-0.2, -0.15) is 0 Å². The molecule has 1 unspecified atom stereocenters. The Morgan fingerprint density at radius 1 is 1.47 bits per heavy atom. The van der Waals surface area contributed by atoms with E-state index < -0.39 is 0 Å². The minimum Gasteiger partial charge on any atom is -0.355 e. The molecule has 1 aromatic heterocycles. The van der Waals surface area contributed by atoms with Crippen LogP contribution in [-0.4, -0.2) is 24.0 Å². The smallest absolute Gasteiger partial charge is 0.233 e. The number of aromatic nitrogens is 1. The van der Waals surface area contributed by atoms with Crippen LogP contribution >= 0.6 is 11.3 Å². The highest BCUT2D eigenvalue weighted by molar-refractivity contribution is 7.09. The fourth-order valence-electron chi connectivity index (χ4n) is 1.31. The van der Waals surface area contributed by atoms with E-state index in [0.29, 0.717) is 12.5 Å². The average Bonchev–Trinajstić information content (AvgIpc) is 2.70. The highest BCUT2D eigenvalue weighted by atomic mass is 32.1. The maximum atomic E-state index is 11.5. The molecular formula is C12H21N3OS. The molecule has 1 aromatic rings. The first-order valence-corrected chi connectivity index (χ1v) is 6.79. The zero-order valence-corrected chi connectivity index (χ0v) is 11.7. The third-order valence-electron chi connectivity index (χ3n) is 2.36. The van der Waals surface area contributed by atoms with Crippen molar-refractivity contribution in [2.75, 3.05) is 13.1 Å². The second kappa shape index (κ2) is 6.71. The fourth-order valence-corrected chi connectivity index (χ4v) is 2.02. The van der Waals surface area contributed by atoms with Crippen molar-refractivity contribution in [3.05, 3.63) is 16.1 Å². The van der Waals surface area contributed by atoms with E-state index in [1.54, 1.807) is 11.3 Å². The molecule has 1 amide bonds. The first-order valence-electron chi connectivity index (χ1n) is 5.91. The number of aryl methyl sites for hydroxylation is 1. The van der Waals surface area contributed by atoms with Gasteiger partial charge < -0.3 is 10.6 Å². The van der Waals surface area contributed by atoms with E-state index in [1.165, 1.54) is 0 Å². The van der Waals surface area contributed by atoms with Gasteiger partial charge in [0.1, 0.15) is 0 Å². The van der Waals surface area contributed by atoms with Crippen LogP contribution in [0.5, 0.6) is 0 Å². The predicted octanol–water partition coefficient (Wildman–Crippen LogP) is 1.87. The molecule has 0 aromatic carbocycles. The quantitative estimate of drug-likeness (QED) is 0.816. The van der Waals surface area contributed by atoms with Crippen LogP contribution in [0.1, 0.15) is 37.5 Å². The Hall–Kier alpha value is -0.940. The molecule has 0 saturated carbocycles. The van der Waals surface area contributed by atoms with Crippen molar-refractivity contribution >= 4 is 17.2 Å². The van der Waals surface area contributed by atoms with Crippen LogP contribution in [0.3, 0.4) is 0 Å². The predicted molar refractivity (Wildman–Crippen MR) is 71.1 cm³/mol. The van der Waals surface area contributed by atoms with Crippen LogP contribution in [0, 0.1) is 12.8 Å². The van der Waals surface area contributed by atoms with E-state index >= 15 is 0 Å². The number of carbonyl (C=O) groups is 1. The molecule has 1 heterocycles. The molecule has 1 atom stereocenters. The third kappa shape index (κ3) is 5.28. The minimum absolute atomic E-state index is 0.0394. The van der Waals surface area contributed by atoms with E-state index in [0.717, 1.165) is 17.2 Å². The lowest BCUT2D eigenvalue weighted by molar-refractivity contribution is -0.120. The summed E-state index contributed by atoms with van der Waals surface area (Å²) in [7, 11) is 0. The van der Waals surface area contributed by atoms with Gasteiger partial charge in [-0.1, -0.05) is 13.8 Å². The summed E-state index contributed by atoms with van der Waals surface area (Å²) < 4.78 is 0. The van der Waals surface area contributed by atoms with Gasteiger partial charge in [0.2, 0.25) is 5.91 Å². The summed E-state index contributed by atoms with van der Waals surface area (Å²) in [6, 6.07) is 0.116. The number of nitrogens with zero attached hydrogens (tertiary/aromatic N) is 1. The van der Waals surface area contributed by atoms with E-state index in [4.69, 9.17) is 0 Å². The monoisotopic (exact) mass is 255 g/mol. The molecule has 0 radical (unpaired) electrons. The van der Waals surface area contributed by atoms with Crippen LogP contribution in [0.15, 0.2) is 5.38 Å². The number of rotatable bonds is 6. The van der Waals surface area contributed by atoms with Gasteiger partial charge in [0.05, 0.1) is 17.2 Å². The second-order valence-corrected chi connectivity index (χ2v) is 5.65. The summed E-state index contributed by atoms with van der Waals surface area (Å²) in [5, 5.41) is 9.12. The van der Waals surface area contributed by atoms with Gasteiger partial charge >= 0.3 is 0 Å². The van der Waals surface area contributed by atoms with Crippen LogP contribution < -0.4 is 10.6 Å². The number of amides is 1. The molecule has 2 N–H and O–H groups in total. The topological polar surface area (TPSA) is 54.0 Å². The summed E-state index contributed by atoms with van der Waals surface area (Å²) in [6.07, 6.45) is 0. The van der Waals surface area contributed by atoms with Crippen molar-refractivity contribution in [3.63, 3.8) is 0 Å².